The van der Waals surface area contributed by atoms with E-state index in [1.54, 1.807) is 0 Å². The van der Waals surface area contributed by atoms with Crippen LogP contribution in [0.25, 0.3) is 0 Å². The van der Waals surface area contributed by atoms with E-state index < -0.39 is 0 Å². The molecule has 1 aromatic heterocycles. The molecule has 1 aliphatic rings. The van der Waals surface area contributed by atoms with Crippen molar-refractivity contribution >= 4 is 17.0 Å². The Balaban J connectivity index is 1.91. The molecule has 0 unspecified atom stereocenters. The zero-order valence-corrected chi connectivity index (χ0v) is 9.59. The van der Waals surface area contributed by atoms with Crippen molar-refractivity contribution in [2.75, 3.05) is 11.4 Å². The molecule has 2 heterocycles. The van der Waals surface area contributed by atoms with Crippen LogP contribution in [0.2, 0.25) is 0 Å². The quantitative estimate of drug-likeness (QED) is 0.816. The Morgan fingerprint density at radius 2 is 2.06 bits per heavy atom. The smallest absolute Gasteiger partial charge is 0.305 e. The normalized spacial score (nSPS) is 14.9. The van der Waals surface area contributed by atoms with Crippen LogP contribution < -0.4 is 9.77 Å². The molecule has 1 N–H and O–H groups in total. The Labute approximate surface area is 97.4 Å². The van der Waals surface area contributed by atoms with Gasteiger partial charge in [0.1, 0.15) is 0 Å². The van der Waals surface area contributed by atoms with Crippen LogP contribution in [0, 0.1) is 0 Å². The fourth-order valence-corrected chi connectivity index (χ4v) is 2.97. The van der Waals surface area contributed by atoms with Gasteiger partial charge in [0, 0.05) is 29.2 Å². The van der Waals surface area contributed by atoms with Crippen LogP contribution in [0.3, 0.4) is 0 Å². The maximum Gasteiger partial charge on any atom is 0.305 e. The highest BCUT2D eigenvalue weighted by molar-refractivity contribution is 7.09. The van der Waals surface area contributed by atoms with Gasteiger partial charge in [-0.3, -0.25) is 4.79 Å². The number of aromatic amines is 1. The van der Waals surface area contributed by atoms with Crippen molar-refractivity contribution in [3.05, 3.63) is 50.6 Å². The van der Waals surface area contributed by atoms with E-state index in [1.807, 2.05) is 18.2 Å². The van der Waals surface area contributed by atoms with Gasteiger partial charge in [0.2, 0.25) is 0 Å². The van der Waals surface area contributed by atoms with E-state index in [1.165, 1.54) is 21.9 Å². The van der Waals surface area contributed by atoms with Gasteiger partial charge in [-0.05, 0) is 12.1 Å². The largest absolute Gasteiger partial charge is 0.366 e. The van der Waals surface area contributed by atoms with Crippen molar-refractivity contribution < 1.29 is 0 Å². The Kier molecular flexibility index (Phi) is 2.29. The zero-order chi connectivity index (χ0) is 11.0. The third-order valence-electron chi connectivity index (χ3n) is 2.89. The van der Waals surface area contributed by atoms with Gasteiger partial charge in [-0.15, -0.1) is 0 Å². The topological polar surface area (TPSA) is 36.1 Å². The van der Waals surface area contributed by atoms with Crippen LogP contribution >= 0.6 is 11.3 Å². The highest BCUT2D eigenvalue weighted by Gasteiger charge is 2.18. The second-order valence-corrected chi connectivity index (χ2v) is 4.99. The van der Waals surface area contributed by atoms with Gasteiger partial charge in [-0.1, -0.05) is 29.5 Å². The lowest BCUT2D eigenvalue weighted by Gasteiger charge is -2.28. The summed E-state index contributed by atoms with van der Waals surface area (Å²) in [5, 5.41) is 0. The molecule has 0 fully saturated rings. The molecule has 1 aliphatic heterocycles. The first-order valence-corrected chi connectivity index (χ1v) is 6.15. The first-order valence-electron chi connectivity index (χ1n) is 5.34. The monoisotopic (exact) mass is 232 g/mol. The highest BCUT2D eigenvalue weighted by Crippen LogP contribution is 2.24. The molecule has 0 atom stereocenters. The van der Waals surface area contributed by atoms with Crippen LogP contribution in [-0.4, -0.2) is 11.5 Å². The molecule has 0 saturated carbocycles. The Hall–Kier alpha value is -1.55. The minimum Gasteiger partial charge on any atom is -0.366 e. The summed E-state index contributed by atoms with van der Waals surface area (Å²) in [5.41, 5.74) is 2.36. The lowest BCUT2D eigenvalue weighted by molar-refractivity contribution is 0.728. The van der Waals surface area contributed by atoms with E-state index in [4.69, 9.17) is 0 Å². The number of fused-ring (bicyclic) bond motifs is 1. The molecule has 1 aromatic carbocycles. The predicted octanol–water partition coefficient (Wildman–Crippen LogP) is 2.00. The molecule has 16 heavy (non-hydrogen) atoms. The number of nitrogens with one attached hydrogen (secondary N) is 1. The van der Waals surface area contributed by atoms with Gasteiger partial charge in [-0.25, -0.2) is 0 Å². The number of benzene rings is 1. The molecule has 82 valence electrons. The van der Waals surface area contributed by atoms with Crippen LogP contribution in [0.1, 0.15) is 10.6 Å². The number of aromatic nitrogens is 1. The lowest BCUT2D eigenvalue weighted by Crippen LogP contribution is -2.29. The summed E-state index contributed by atoms with van der Waals surface area (Å²) < 4.78 is 0. The van der Waals surface area contributed by atoms with Gasteiger partial charge >= 0.3 is 4.87 Å². The fourth-order valence-electron chi connectivity index (χ4n) is 2.08. The molecule has 0 amide bonds. The standard InChI is InChI=1S/C12H12N2OS/c15-12-13-10-6-7-14(8-11(10)16-12)9-4-2-1-3-5-9/h1-5H,6-8H2,(H,13,15). The molecular formula is C12H12N2OS. The van der Waals surface area contributed by atoms with Gasteiger partial charge in [0.05, 0.1) is 6.54 Å². The number of H-pyrrole nitrogens is 1. The first-order chi connectivity index (χ1) is 7.83. The molecule has 3 nitrogen and oxygen atoms in total. The summed E-state index contributed by atoms with van der Waals surface area (Å²) in [6.45, 7) is 1.83. The average Bonchev–Trinajstić information content (AvgIpc) is 2.69. The number of nitrogens with zero attached hydrogens (tertiary/aromatic N) is 1. The highest BCUT2D eigenvalue weighted by atomic mass is 32.1. The summed E-state index contributed by atoms with van der Waals surface area (Å²) in [6, 6.07) is 10.3. The van der Waals surface area contributed by atoms with Crippen molar-refractivity contribution in [1.82, 2.24) is 4.98 Å². The maximum atomic E-state index is 11.2. The molecule has 3 rings (SSSR count). The molecule has 4 heteroatoms. The molecule has 0 saturated heterocycles. The van der Waals surface area contributed by atoms with Crippen LogP contribution in [-0.2, 0) is 13.0 Å². The molecule has 0 bridgehead atoms. The van der Waals surface area contributed by atoms with Crippen LogP contribution in [0.15, 0.2) is 35.1 Å². The molecular weight excluding hydrogens is 220 g/mol. The van der Waals surface area contributed by atoms with Crippen molar-refractivity contribution in [3.8, 4) is 0 Å². The minimum atomic E-state index is 0.0694. The van der Waals surface area contributed by atoms with Crippen molar-refractivity contribution in [1.29, 1.82) is 0 Å². The number of hydrogen-bond donors (Lipinski definition) is 1. The molecule has 0 aliphatic carbocycles. The fraction of sp³-hybridized carbons (Fsp3) is 0.250. The summed E-state index contributed by atoms with van der Waals surface area (Å²) in [4.78, 5) is 17.7. The van der Waals surface area contributed by atoms with Crippen molar-refractivity contribution in [2.45, 2.75) is 13.0 Å². The second kappa shape index (κ2) is 3.79. The number of para-hydroxylation sites is 1. The van der Waals surface area contributed by atoms with E-state index >= 15 is 0 Å². The number of anilines is 1. The third kappa shape index (κ3) is 1.65. The van der Waals surface area contributed by atoms with Gasteiger partial charge in [-0.2, -0.15) is 0 Å². The Bertz CT molecular complexity index is 544. The first kappa shape index (κ1) is 9.66. The number of hydrogen-bond acceptors (Lipinski definition) is 3. The summed E-state index contributed by atoms with van der Waals surface area (Å²) in [6.07, 6.45) is 0.933. The van der Waals surface area contributed by atoms with Gasteiger partial charge in [0.15, 0.2) is 0 Å². The summed E-state index contributed by atoms with van der Waals surface area (Å²) in [7, 11) is 0. The van der Waals surface area contributed by atoms with E-state index in [2.05, 4.69) is 22.0 Å². The Morgan fingerprint density at radius 3 is 2.88 bits per heavy atom. The van der Waals surface area contributed by atoms with Gasteiger partial charge in [0.25, 0.3) is 0 Å². The Morgan fingerprint density at radius 1 is 1.25 bits per heavy atom. The van der Waals surface area contributed by atoms with E-state index in [-0.39, 0.29) is 4.87 Å². The SMILES string of the molecule is O=c1[nH]c2c(s1)CN(c1ccccc1)CC2. The number of thiazole rings is 1. The predicted molar refractivity (Wildman–Crippen MR) is 66.1 cm³/mol. The molecule has 2 aromatic rings. The van der Waals surface area contributed by atoms with E-state index in [0.717, 1.165) is 25.2 Å². The van der Waals surface area contributed by atoms with Crippen molar-refractivity contribution in [3.63, 3.8) is 0 Å². The minimum absolute atomic E-state index is 0.0694. The number of rotatable bonds is 1. The van der Waals surface area contributed by atoms with E-state index in [0.29, 0.717) is 0 Å². The molecule has 0 radical (unpaired) electrons. The van der Waals surface area contributed by atoms with Crippen LogP contribution in [0.5, 0.6) is 0 Å². The maximum absolute atomic E-state index is 11.2. The van der Waals surface area contributed by atoms with Crippen molar-refractivity contribution in [2.24, 2.45) is 0 Å². The molecule has 0 spiro atoms. The van der Waals surface area contributed by atoms with Gasteiger partial charge < -0.3 is 9.88 Å². The van der Waals surface area contributed by atoms with E-state index in [9.17, 15) is 4.79 Å². The van der Waals surface area contributed by atoms with Crippen LogP contribution in [0.4, 0.5) is 5.69 Å². The zero-order valence-electron chi connectivity index (χ0n) is 8.77. The average molecular weight is 232 g/mol. The summed E-state index contributed by atoms with van der Waals surface area (Å²) >= 11 is 1.34. The lowest BCUT2D eigenvalue weighted by atomic mass is 10.1. The third-order valence-corrected chi connectivity index (χ3v) is 3.80. The second-order valence-electron chi connectivity index (χ2n) is 3.92. The summed E-state index contributed by atoms with van der Waals surface area (Å²) in [5.74, 6) is 0.